The molecule has 0 saturated heterocycles. The lowest BCUT2D eigenvalue weighted by Crippen LogP contribution is -2.38. The number of carbonyl (C=O) groups is 1. The first-order valence-corrected chi connectivity index (χ1v) is 22.4. The maximum atomic E-state index is 14.7. The van der Waals surface area contributed by atoms with E-state index < -0.39 is 65.2 Å². The molecule has 0 saturated carbocycles. The molecule has 0 atom stereocenters. The van der Waals surface area contributed by atoms with Gasteiger partial charge in [-0.2, -0.15) is 0 Å². The zero-order chi connectivity index (χ0) is 34.7. The van der Waals surface area contributed by atoms with Crippen molar-refractivity contribution in [3.8, 4) is 0 Å². The lowest BCUT2D eigenvalue weighted by Gasteiger charge is -2.40. The summed E-state index contributed by atoms with van der Waals surface area (Å²) < 4.78 is 104. The second-order valence-electron chi connectivity index (χ2n) is 10.3. The van der Waals surface area contributed by atoms with E-state index in [0.29, 0.717) is 11.1 Å². The third-order valence-corrected chi connectivity index (χ3v) is 19.3. The summed E-state index contributed by atoms with van der Waals surface area (Å²) in [4.78, 5) is 14.7. The van der Waals surface area contributed by atoms with Gasteiger partial charge in [0.1, 0.15) is 0 Å². The van der Waals surface area contributed by atoms with Gasteiger partial charge in [-0.1, -0.05) is 24.3 Å². The Morgan fingerprint density at radius 1 is 0.543 bits per heavy atom. The van der Waals surface area contributed by atoms with Crippen molar-refractivity contribution in [3.63, 3.8) is 0 Å². The highest BCUT2D eigenvalue weighted by molar-refractivity contribution is 7.73. The van der Waals surface area contributed by atoms with Crippen LogP contribution in [0.1, 0.15) is 84.2 Å². The molecule has 46 heavy (non-hydrogen) atoms. The molecule has 266 valence electrons. The Kier molecular flexibility index (Phi) is 16.7. The van der Waals surface area contributed by atoms with Crippen molar-refractivity contribution in [2.24, 2.45) is 5.41 Å². The monoisotopic (exact) mass is 732 g/mol. The predicted octanol–water partition coefficient (Wildman–Crippen LogP) is 8.91. The van der Waals surface area contributed by atoms with Crippen molar-refractivity contribution >= 4 is 36.2 Å². The molecule has 13 nitrogen and oxygen atoms in total. The fourth-order valence-corrected chi connectivity index (χ4v) is 17.0. The lowest BCUT2D eigenvalue weighted by molar-refractivity contribution is 0.0779. The topological polar surface area (TPSA) is 159 Å². The Bertz CT molecular complexity index is 1150. The summed E-state index contributed by atoms with van der Waals surface area (Å²) >= 11 is 0. The van der Waals surface area contributed by atoms with Gasteiger partial charge in [0, 0.05) is 11.0 Å². The Balaban J connectivity index is 3.00. The van der Waals surface area contributed by atoms with Crippen molar-refractivity contribution in [2.75, 3.05) is 52.9 Å². The third kappa shape index (κ3) is 9.38. The van der Waals surface area contributed by atoms with E-state index >= 15 is 0 Å². The van der Waals surface area contributed by atoms with Crippen LogP contribution in [0.15, 0.2) is 24.3 Å². The van der Waals surface area contributed by atoms with Crippen molar-refractivity contribution in [1.29, 1.82) is 0 Å². The zero-order valence-corrected chi connectivity index (χ0v) is 31.9. The highest BCUT2D eigenvalue weighted by Gasteiger charge is 2.62. The molecule has 0 spiro atoms. The summed E-state index contributed by atoms with van der Waals surface area (Å²) in [5, 5.41) is -3.17. The van der Waals surface area contributed by atoms with Crippen LogP contribution in [0.4, 0.5) is 0 Å². The van der Waals surface area contributed by atoms with Gasteiger partial charge < -0.3 is 36.2 Å². The highest BCUT2D eigenvalue weighted by atomic mass is 31.2. The first kappa shape index (κ1) is 41.7. The van der Waals surface area contributed by atoms with E-state index in [1.54, 1.807) is 79.7 Å². The Morgan fingerprint density at radius 2 is 0.826 bits per heavy atom. The molecule has 1 aliphatic carbocycles. The maximum Gasteiger partial charge on any atom is 0.345 e. The molecule has 0 bridgehead atoms. The number of Topliss-reactive ketones (excluding diaryl/α,β-unsaturated/α-hetero) is 1. The fraction of sp³-hybridized carbons (Fsp3) is 0.759. The first-order valence-electron chi connectivity index (χ1n) is 16.0. The normalized spacial score (nSPS) is 15.7. The molecule has 0 radical (unpaired) electrons. The number of fused-ring (bicyclic) bond motifs is 1. The van der Waals surface area contributed by atoms with Crippen LogP contribution in [-0.2, 0) is 60.9 Å². The Hall–Kier alpha value is -0.510. The van der Waals surface area contributed by atoms with Crippen LogP contribution in [0.2, 0.25) is 0 Å². The number of hydrogen-bond donors (Lipinski definition) is 0. The number of rotatable bonds is 24. The Morgan fingerprint density at radius 3 is 1.09 bits per heavy atom. The van der Waals surface area contributed by atoms with Crippen LogP contribution in [0.3, 0.4) is 0 Å². The molecule has 0 N–H and O–H groups in total. The predicted molar refractivity (Wildman–Crippen MR) is 177 cm³/mol. The number of carbonyl (C=O) groups excluding carboxylic acids is 1. The van der Waals surface area contributed by atoms with Gasteiger partial charge in [0.2, 0.25) is 0 Å². The van der Waals surface area contributed by atoms with Crippen LogP contribution in [0, 0.1) is 5.41 Å². The molecule has 2 rings (SSSR count). The van der Waals surface area contributed by atoms with Crippen molar-refractivity contribution in [3.05, 3.63) is 35.4 Å². The van der Waals surface area contributed by atoms with E-state index in [0.717, 1.165) is 0 Å². The van der Waals surface area contributed by atoms with Crippen molar-refractivity contribution < 1.29 is 59.2 Å². The minimum absolute atomic E-state index is 0.0159. The van der Waals surface area contributed by atoms with Gasteiger partial charge in [0.05, 0.1) is 52.9 Å². The minimum atomic E-state index is -4.33. The summed E-state index contributed by atoms with van der Waals surface area (Å²) in [6.45, 7) is 12.3. The van der Waals surface area contributed by atoms with Gasteiger partial charge in [-0.05, 0) is 80.2 Å². The summed E-state index contributed by atoms with van der Waals surface area (Å²) in [5.74, 6) is -0.434. The van der Waals surface area contributed by atoms with Crippen LogP contribution < -0.4 is 0 Å². The average Bonchev–Trinajstić information content (AvgIpc) is 3.27. The SMILES string of the molecule is CCOP(=O)(OCC)C(CC1(CC(P(=O)(OCC)OCC)P(=O)(OCC)OCC)Cc2ccccc2C1=O)P(=O)(OCC)OCC. The van der Waals surface area contributed by atoms with E-state index in [1.807, 2.05) is 0 Å². The molecule has 17 heteroatoms. The zero-order valence-electron chi connectivity index (χ0n) is 28.3. The van der Waals surface area contributed by atoms with E-state index in [1.165, 1.54) is 0 Å². The van der Waals surface area contributed by atoms with E-state index in [9.17, 15) is 23.1 Å². The lowest BCUT2D eigenvalue weighted by atomic mass is 9.78. The summed E-state index contributed by atoms with van der Waals surface area (Å²) in [6.07, 6.45) is -0.841. The highest BCUT2D eigenvalue weighted by Crippen LogP contribution is 2.76. The number of benzene rings is 1. The van der Waals surface area contributed by atoms with Crippen LogP contribution >= 0.6 is 30.4 Å². The molecule has 0 aliphatic heterocycles. The van der Waals surface area contributed by atoms with Gasteiger partial charge in [-0.15, -0.1) is 0 Å². The first-order chi connectivity index (χ1) is 21.8. The molecular formula is C29H52O13P4. The van der Waals surface area contributed by atoms with Gasteiger partial charge >= 0.3 is 30.4 Å². The van der Waals surface area contributed by atoms with Crippen LogP contribution in [0.5, 0.6) is 0 Å². The van der Waals surface area contributed by atoms with Crippen LogP contribution in [0.25, 0.3) is 0 Å². The largest absolute Gasteiger partial charge is 0.345 e. The molecule has 1 aromatic rings. The molecule has 0 aromatic heterocycles. The number of ketones is 1. The second-order valence-corrected chi connectivity index (χ2v) is 20.0. The molecule has 0 heterocycles. The Labute approximate surface area is 274 Å². The maximum absolute atomic E-state index is 14.7. The molecule has 1 aliphatic rings. The fourth-order valence-electron chi connectivity index (χ4n) is 5.81. The standard InChI is InChI=1S/C29H52O13P4/c1-9-35-43(31,36-10-2)26(44(32,37-11-3)38-12-4)22-29(21-24-19-17-18-20-25(24)28(29)30)23-27(45(33,39-13-5)40-14-6)46(34,41-15-7)42-16-8/h17-20,26-27H,9-16,21-23H2,1-8H3. The van der Waals surface area contributed by atoms with E-state index in [2.05, 4.69) is 0 Å². The summed E-state index contributed by atoms with van der Waals surface area (Å²) in [7, 11) is -17.3. The quantitative estimate of drug-likeness (QED) is 0.0928. The molecular weight excluding hydrogens is 680 g/mol. The van der Waals surface area contributed by atoms with Crippen molar-refractivity contribution in [2.45, 2.75) is 85.5 Å². The summed E-state index contributed by atoms with van der Waals surface area (Å²) in [6, 6.07) is 6.89. The molecule has 0 unspecified atom stereocenters. The van der Waals surface area contributed by atoms with Gasteiger partial charge in [-0.3, -0.25) is 23.1 Å². The molecule has 0 fully saturated rings. The molecule has 1 aromatic carbocycles. The van der Waals surface area contributed by atoms with E-state index in [-0.39, 0.29) is 59.3 Å². The van der Waals surface area contributed by atoms with Gasteiger partial charge in [0.15, 0.2) is 16.6 Å². The van der Waals surface area contributed by atoms with Crippen molar-refractivity contribution in [1.82, 2.24) is 0 Å². The van der Waals surface area contributed by atoms with Crippen LogP contribution in [-0.4, -0.2) is 69.4 Å². The molecule has 0 amide bonds. The average molecular weight is 733 g/mol. The summed E-state index contributed by atoms with van der Waals surface area (Å²) in [5.41, 5.74) is -0.656. The number of hydrogen-bond acceptors (Lipinski definition) is 13. The smallest absolute Gasteiger partial charge is 0.308 e. The van der Waals surface area contributed by atoms with Gasteiger partial charge in [0.25, 0.3) is 0 Å². The van der Waals surface area contributed by atoms with E-state index in [4.69, 9.17) is 36.2 Å². The minimum Gasteiger partial charge on any atom is -0.308 e. The van der Waals surface area contributed by atoms with Gasteiger partial charge in [-0.25, -0.2) is 0 Å². The third-order valence-electron chi connectivity index (χ3n) is 7.35. The second kappa shape index (κ2) is 18.5.